The van der Waals surface area contributed by atoms with Crippen molar-refractivity contribution in [1.82, 2.24) is 10.3 Å². The topological polar surface area (TPSA) is 117 Å². The highest BCUT2D eigenvalue weighted by atomic mass is 16.7. The molecule has 8 heteroatoms. The average Bonchev–Trinajstić information content (AvgIpc) is 2.95. The van der Waals surface area contributed by atoms with Gasteiger partial charge in [-0.05, 0) is 6.92 Å². The van der Waals surface area contributed by atoms with Crippen molar-refractivity contribution in [3.63, 3.8) is 0 Å². The Bertz CT molecular complexity index is 543. The minimum Gasteiger partial charge on any atom is -0.379 e. The Morgan fingerprint density at radius 1 is 1.53 bits per heavy atom. The number of nitrogens with zero attached hydrogens (tertiary/aromatic N) is 3. The average molecular weight is 236 g/mol. The molecule has 0 unspecified atom stereocenters. The lowest BCUT2D eigenvalue weighted by atomic mass is 10.4. The summed E-state index contributed by atoms with van der Waals surface area (Å²) < 4.78 is 9.35. The molecule has 0 aromatic carbocycles. The van der Waals surface area contributed by atoms with Crippen LogP contribution in [-0.4, -0.2) is 22.1 Å². The van der Waals surface area contributed by atoms with Gasteiger partial charge in [-0.1, -0.05) is 15.5 Å². The van der Waals surface area contributed by atoms with E-state index in [9.17, 15) is 4.79 Å². The van der Waals surface area contributed by atoms with Gasteiger partial charge in [-0.25, -0.2) is 4.79 Å². The molecule has 17 heavy (non-hydrogen) atoms. The molecule has 0 amide bonds. The molecule has 0 fully saturated rings. The number of aryl methyl sites for hydroxylation is 1. The zero-order valence-electron chi connectivity index (χ0n) is 8.78. The first kappa shape index (κ1) is 10.9. The zero-order valence-corrected chi connectivity index (χ0v) is 8.78. The van der Waals surface area contributed by atoms with E-state index in [0.717, 1.165) is 0 Å². The second-order valence-electron chi connectivity index (χ2n) is 3.05. The van der Waals surface area contributed by atoms with E-state index in [1.165, 1.54) is 12.3 Å². The summed E-state index contributed by atoms with van der Waals surface area (Å²) >= 11 is 0. The Morgan fingerprint density at radius 3 is 2.94 bits per heavy atom. The predicted octanol–water partition coefficient (Wildman–Crippen LogP) is 0.448. The maximum absolute atomic E-state index is 11.3. The lowest BCUT2D eigenvalue weighted by Crippen LogP contribution is -2.15. The minimum atomic E-state index is -0.800. The van der Waals surface area contributed by atoms with Gasteiger partial charge in [0, 0.05) is 12.1 Å². The molecule has 0 bridgehead atoms. The van der Waals surface area contributed by atoms with Crippen LogP contribution in [0.2, 0.25) is 0 Å². The molecule has 88 valence electrons. The van der Waals surface area contributed by atoms with E-state index in [1.54, 1.807) is 13.0 Å². The van der Waals surface area contributed by atoms with Crippen molar-refractivity contribution >= 4 is 11.8 Å². The molecule has 0 radical (unpaired) electrons. The number of amidine groups is 1. The third kappa shape index (κ3) is 2.48. The van der Waals surface area contributed by atoms with E-state index in [0.29, 0.717) is 5.76 Å². The van der Waals surface area contributed by atoms with Crippen LogP contribution in [0.3, 0.4) is 0 Å². The highest BCUT2D eigenvalue weighted by Crippen LogP contribution is 2.03. The number of carbonyl (C=O) groups is 1. The smallest absolute Gasteiger partial charge is 0.379 e. The number of aromatic nitrogens is 2. The van der Waals surface area contributed by atoms with E-state index < -0.39 is 5.97 Å². The van der Waals surface area contributed by atoms with Gasteiger partial charge in [-0.15, -0.1) is 0 Å². The first-order valence-electron chi connectivity index (χ1n) is 4.56. The van der Waals surface area contributed by atoms with Gasteiger partial charge in [0.15, 0.2) is 11.5 Å². The molecule has 2 aromatic rings. The van der Waals surface area contributed by atoms with Crippen LogP contribution in [0.5, 0.6) is 0 Å². The highest BCUT2D eigenvalue weighted by Gasteiger charge is 2.12. The maximum Gasteiger partial charge on any atom is 0.403 e. The molecule has 2 rings (SSSR count). The molecule has 2 N–H and O–H groups in total. The van der Waals surface area contributed by atoms with Crippen molar-refractivity contribution in [2.45, 2.75) is 6.92 Å². The first-order chi connectivity index (χ1) is 8.16. The summed E-state index contributed by atoms with van der Waals surface area (Å²) in [4.78, 5) is 15.8. The molecule has 8 nitrogen and oxygen atoms in total. The fourth-order valence-electron chi connectivity index (χ4n) is 0.991. The summed E-state index contributed by atoms with van der Waals surface area (Å²) in [5.41, 5.74) is 5.80. The summed E-state index contributed by atoms with van der Waals surface area (Å²) in [5.74, 6) is -0.377. The Kier molecular flexibility index (Phi) is 2.86. The Labute approximate surface area is 95.0 Å². The molecule has 0 aliphatic carbocycles. The van der Waals surface area contributed by atoms with Crippen molar-refractivity contribution < 1.29 is 18.7 Å². The summed E-state index contributed by atoms with van der Waals surface area (Å²) in [6.07, 6.45) is 1.31. The molecule has 0 saturated heterocycles. The van der Waals surface area contributed by atoms with E-state index in [2.05, 4.69) is 24.8 Å². The van der Waals surface area contributed by atoms with E-state index in [4.69, 9.17) is 10.3 Å². The molecule has 0 saturated carbocycles. The van der Waals surface area contributed by atoms with Crippen LogP contribution >= 0.6 is 0 Å². The number of rotatable bonds is 3. The standard InChI is InChI=1S/C9H8N4O4/c1-5-4-6(12-15-5)8(10)13-17-9(14)7-2-3-11-16-7/h2-4H,1H3,(H2,10,13). The van der Waals surface area contributed by atoms with E-state index in [1.807, 2.05) is 0 Å². The number of hydrogen-bond acceptors (Lipinski definition) is 7. The minimum absolute atomic E-state index is 0.0714. The molecule has 0 aliphatic heterocycles. The molecule has 2 aromatic heterocycles. The third-order valence-corrected chi connectivity index (χ3v) is 1.76. The fourth-order valence-corrected chi connectivity index (χ4v) is 0.991. The van der Waals surface area contributed by atoms with Gasteiger partial charge >= 0.3 is 5.97 Å². The molecular formula is C9H8N4O4. The maximum atomic E-state index is 11.3. The Hall–Kier alpha value is -2.64. The van der Waals surface area contributed by atoms with E-state index in [-0.39, 0.29) is 17.3 Å². The van der Waals surface area contributed by atoms with Crippen LogP contribution in [0.15, 0.2) is 32.5 Å². The number of oxime groups is 1. The van der Waals surface area contributed by atoms with Crippen LogP contribution < -0.4 is 5.73 Å². The van der Waals surface area contributed by atoms with Gasteiger partial charge in [-0.3, -0.25) is 0 Å². The largest absolute Gasteiger partial charge is 0.403 e. The van der Waals surface area contributed by atoms with E-state index >= 15 is 0 Å². The van der Waals surface area contributed by atoms with Crippen LogP contribution in [0.4, 0.5) is 0 Å². The Morgan fingerprint density at radius 2 is 2.35 bits per heavy atom. The SMILES string of the molecule is Cc1cc(/C(N)=N\OC(=O)c2ccno2)no1. The van der Waals surface area contributed by atoms with Crippen LogP contribution in [0.25, 0.3) is 0 Å². The lowest BCUT2D eigenvalue weighted by Gasteiger charge is -1.94. The van der Waals surface area contributed by atoms with Crippen molar-refractivity contribution in [2.75, 3.05) is 0 Å². The van der Waals surface area contributed by atoms with Crippen molar-refractivity contribution in [2.24, 2.45) is 10.9 Å². The van der Waals surface area contributed by atoms with Gasteiger partial charge in [0.05, 0.1) is 6.20 Å². The molecule has 2 heterocycles. The molecule has 0 aliphatic rings. The first-order valence-corrected chi connectivity index (χ1v) is 4.56. The monoisotopic (exact) mass is 236 g/mol. The third-order valence-electron chi connectivity index (χ3n) is 1.76. The number of nitrogens with two attached hydrogens (primary N) is 1. The van der Waals surface area contributed by atoms with Crippen molar-refractivity contribution in [3.8, 4) is 0 Å². The fraction of sp³-hybridized carbons (Fsp3) is 0.111. The molecule has 0 atom stereocenters. The van der Waals surface area contributed by atoms with Crippen LogP contribution in [0.1, 0.15) is 22.0 Å². The quantitative estimate of drug-likeness (QED) is 0.355. The van der Waals surface area contributed by atoms with Crippen molar-refractivity contribution in [1.29, 1.82) is 0 Å². The number of hydrogen-bond donors (Lipinski definition) is 1. The second kappa shape index (κ2) is 4.47. The van der Waals surface area contributed by atoms with Crippen molar-refractivity contribution in [3.05, 3.63) is 35.5 Å². The summed E-state index contributed by atoms with van der Waals surface area (Å²) in [6.45, 7) is 1.70. The normalized spacial score (nSPS) is 11.5. The molecular weight excluding hydrogens is 228 g/mol. The molecule has 0 spiro atoms. The predicted molar refractivity (Wildman–Crippen MR) is 53.9 cm³/mol. The summed E-state index contributed by atoms with van der Waals surface area (Å²) in [7, 11) is 0. The summed E-state index contributed by atoms with van der Waals surface area (Å²) in [6, 6.07) is 2.90. The van der Waals surface area contributed by atoms with Gasteiger partial charge in [-0.2, -0.15) is 0 Å². The zero-order chi connectivity index (χ0) is 12.3. The van der Waals surface area contributed by atoms with Crippen LogP contribution in [-0.2, 0) is 4.84 Å². The van der Waals surface area contributed by atoms with Gasteiger partial charge in [0.25, 0.3) is 0 Å². The highest BCUT2D eigenvalue weighted by molar-refractivity contribution is 5.96. The lowest BCUT2D eigenvalue weighted by molar-refractivity contribution is 0.0469. The second-order valence-corrected chi connectivity index (χ2v) is 3.05. The van der Waals surface area contributed by atoms with Gasteiger partial charge in [0.1, 0.15) is 5.76 Å². The Balaban J connectivity index is 2.04. The van der Waals surface area contributed by atoms with Crippen LogP contribution in [0, 0.1) is 6.92 Å². The van der Waals surface area contributed by atoms with Gasteiger partial charge < -0.3 is 19.6 Å². The summed E-state index contributed by atoms with van der Waals surface area (Å²) in [5, 5.41) is 10.3. The number of carbonyl (C=O) groups excluding carboxylic acids is 1. The van der Waals surface area contributed by atoms with Gasteiger partial charge in [0.2, 0.25) is 5.76 Å².